The van der Waals surface area contributed by atoms with Crippen LogP contribution in [0.5, 0.6) is 0 Å². The number of benzene rings is 3. The number of carboxylic acid groups (broad SMARTS) is 1. The second-order valence-corrected chi connectivity index (χ2v) is 21.0. The van der Waals surface area contributed by atoms with Crippen LogP contribution in [0.2, 0.25) is 4.34 Å². The van der Waals surface area contributed by atoms with Crippen molar-refractivity contribution in [1.29, 1.82) is 0 Å². The van der Waals surface area contributed by atoms with Crippen LogP contribution >= 0.6 is 69.6 Å². The lowest BCUT2D eigenvalue weighted by Gasteiger charge is -2.49. The largest absolute Gasteiger partial charge is 0.477 e. The van der Waals surface area contributed by atoms with E-state index in [9.17, 15) is 24.3 Å². The molecule has 0 radical (unpaired) electrons. The van der Waals surface area contributed by atoms with E-state index in [-0.39, 0.29) is 32.3 Å². The molecule has 2 aromatic heterocycles. The second kappa shape index (κ2) is 19.6. The molecule has 2 atom stereocenters. The molecule has 3 aromatic carbocycles. The predicted molar refractivity (Wildman–Crippen MR) is 251 cm³/mol. The molecule has 15 nitrogen and oxygen atoms in total. The number of nitrogens with two attached hydrogens (primary N) is 2. The van der Waals surface area contributed by atoms with Gasteiger partial charge in [-0.1, -0.05) is 142 Å². The van der Waals surface area contributed by atoms with Crippen molar-refractivity contribution >= 4 is 109 Å². The number of alkyl carbamates (subject to hydrolysis) is 1. The van der Waals surface area contributed by atoms with Crippen LogP contribution in [0.25, 0.3) is 0 Å². The molecule has 21 heteroatoms. The van der Waals surface area contributed by atoms with Gasteiger partial charge in [0, 0.05) is 45.4 Å². The number of carbonyl (C=O) groups excluding carboxylic acids is 3. The molecule has 0 unspecified atom stereocenters. The molecule has 7 rings (SSSR count). The Morgan fingerprint density at radius 3 is 2.06 bits per heavy atom. The molecule has 1 fully saturated rings. The van der Waals surface area contributed by atoms with Gasteiger partial charge in [-0.05, 0) is 20.8 Å². The van der Waals surface area contributed by atoms with Crippen LogP contribution in [-0.2, 0) is 35.3 Å². The summed E-state index contributed by atoms with van der Waals surface area (Å²) in [6, 6.07) is 27.1. The summed E-state index contributed by atoms with van der Waals surface area (Å²) in [6.45, 7) is 5.72. The number of ether oxygens (including phenoxy) is 1. The van der Waals surface area contributed by atoms with Gasteiger partial charge in [0.15, 0.2) is 16.0 Å². The fraction of sp³-hybridized carbons (Fsp3) is 0.262. The Hall–Kier alpha value is -5.25. The van der Waals surface area contributed by atoms with E-state index in [0.717, 1.165) is 11.3 Å². The molecular formula is C42H41ClN8O7S5. The van der Waals surface area contributed by atoms with Gasteiger partial charge in [0.05, 0.1) is 9.90 Å². The van der Waals surface area contributed by atoms with E-state index >= 15 is 0 Å². The number of hydrogen-bond donors (Lipinski definition) is 5. The lowest BCUT2D eigenvalue weighted by Crippen LogP contribution is -2.71. The number of carboxylic acids is 1. The van der Waals surface area contributed by atoms with E-state index in [4.69, 9.17) is 32.6 Å². The summed E-state index contributed by atoms with van der Waals surface area (Å²) in [4.78, 5) is 70.2. The summed E-state index contributed by atoms with van der Waals surface area (Å²) >= 11 is 12.8. The summed E-state index contributed by atoms with van der Waals surface area (Å²) in [7, 11) is 0. The predicted octanol–water partition coefficient (Wildman–Crippen LogP) is 7.38. The Kier molecular flexibility index (Phi) is 14.3. The molecule has 0 saturated carbocycles. The molecule has 328 valence electrons. The third-order valence-electron chi connectivity index (χ3n) is 9.33. The van der Waals surface area contributed by atoms with Gasteiger partial charge in [0.1, 0.15) is 32.7 Å². The van der Waals surface area contributed by atoms with E-state index in [0.29, 0.717) is 54.7 Å². The van der Waals surface area contributed by atoms with Crippen molar-refractivity contribution in [3.63, 3.8) is 0 Å². The number of nitrogens with one attached hydrogen (secondary N) is 2. The highest BCUT2D eigenvalue weighted by atomic mass is 35.5. The van der Waals surface area contributed by atoms with Crippen LogP contribution in [0, 0.1) is 0 Å². The number of nitrogen functional groups attached to an aromatic ring is 2. The summed E-state index contributed by atoms with van der Waals surface area (Å²) in [6.07, 6.45) is -0.509. The first kappa shape index (κ1) is 45.8. The lowest BCUT2D eigenvalue weighted by atomic mass is 9.80. The smallest absolute Gasteiger partial charge is 0.407 e. The van der Waals surface area contributed by atoms with Gasteiger partial charge in [-0.3, -0.25) is 14.5 Å². The highest BCUT2D eigenvalue weighted by molar-refractivity contribution is 8.07. The van der Waals surface area contributed by atoms with E-state index in [2.05, 4.69) is 25.8 Å². The van der Waals surface area contributed by atoms with Crippen molar-refractivity contribution in [3.8, 4) is 0 Å². The average Bonchev–Trinajstić information content (AvgIpc) is 3.79. The molecule has 2 aliphatic heterocycles. The van der Waals surface area contributed by atoms with Gasteiger partial charge >= 0.3 is 12.1 Å². The third-order valence-corrected chi connectivity index (χ3v) is 15.1. The van der Waals surface area contributed by atoms with Crippen molar-refractivity contribution in [2.45, 2.75) is 53.4 Å². The third kappa shape index (κ3) is 10.3. The first-order chi connectivity index (χ1) is 30.2. The van der Waals surface area contributed by atoms with E-state index in [1.807, 2.05) is 91.0 Å². The van der Waals surface area contributed by atoms with Crippen LogP contribution in [0.3, 0.4) is 0 Å². The minimum atomic E-state index is -1.37. The number of halogens is 1. The number of β-lactam (4-membered cyclic amide) rings is 1. The van der Waals surface area contributed by atoms with Crippen molar-refractivity contribution in [2.75, 3.05) is 29.5 Å². The normalized spacial score (nSPS) is 16.5. The molecule has 2 aliphatic rings. The average molecular weight is 966 g/mol. The standard InChI is InChI=1S/C42H41ClN8O7S5/c1-41(2,3)57-40(56)46-19-20-59-21-26-37(63-38(44)47-26)61-27-22-60-35-30(34(53)51(35)31(27)36(54)55)48-33(52)29(28-32(43)62-39(45)49-28)50-58-42(23-13-7-4-8-14-23,24-15-9-5-10-16-24)25-17-11-6-12-18-25/h4-18,30,35H,19-22H2,1-3H3,(H2,44,47)(H2,45,49)(H,46,56)(H,48,52)(H,54,55)/b50-29-/t30-,35-/m1/s1. The summed E-state index contributed by atoms with van der Waals surface area (Å²) in [5, 5.41) is 20.1. The van der Waals surface area contributed by atoms with Gasteiger partial charge in [-0.25, -0.2) is 19.6 Å². The quantitative estimate of drug-likeness (QED) is 0.0214. The van der Waals surface area contributed by atoms with Gasteiger partial charge in [-0.15, -0.1) is 11.8 Å². The van der Waals surface area contributed by atoms with Crippen LogP contribution < -0.4 is 22.1 Å². The number of carbonyl (C=O) groups is 4. The maximum Gasteiger partial charge on any atom is 0.407 e. The lowest BCUT2D eigenvalue weighted by molar-refractivity contribution is -0.150. The van der Waals surface area contributed by atoms with E-state index in [1.54, 1.807) is 20.8 Å². The number of nitrogens with zero attached hydrogens (tertiary/aromatic N) is 4. The molecule has 63 heavy (non-hydrogen) atoms. The van der Waals surface area contributed by atoms with Crippen molar-refractivity contribution < 1.29 is 33.9 Å². The fourth-order valence-corrected chi connectivity index (χ4v) is 12.3. The zero-order chi connectivity index (χ0) is 44.9. The van der Waals surface area contributed by atoms with E-state index < -0.39 is 46.5 Å². The highest BCUT2D eigenvalue weighted by Crippen LogP contribution is 2.48. The molecule has 4 heterocycles. The first-order valence-electron chi connectivity index (χ1n) is 19.2. The van der Waals surface area contributed by atoms with Gasteiger partial charge < -0.3 is 36.8 Å². The minimum absolute atomic E-state index is 0.0541. The Bertz CT molecular complexity index is 2460. The number of aromatic nitrogens is 2. The minimum Gasteiger partial charge on any atom is -0.477 e. The van der Waals surface area contributed by atoms with Crippen molar-refractivity contribution in [1.82, 2.24) is 25.5 Å². The summed E-state index contributed by atoms with van der Waals surface area (Å²) < 4.78 is 6.03. The number of amides is 3. The molecule has 7 N–H and O–H groups in total. The Labute approximate surface area is 388 Å². The van der Waals surface area contributed by atoms with Crippen LogP contribution in [0.1, 0.15) is 48.8 Å². The number of hydrogen-bond acceptors (Lipinski definition) is 16. The molecule has 0 spiro atoms. The summed E-state index contributed by atoms with van der Waals surface area (Å²) in [5.74, 6) is -1.56. The number of fused-ring (bicyclic) bond motifs is 1. The molecular weight excluding hydrogens is 924 g/mol. The second-order valence-electron chi connectivity index (χ2n) is 14.8. The number of aliphatic carboxylic acids is 1. The number of thioether (sulfide) groups is 3. The number of rotatable bonds is 16. The topological polar surface area (TPSA) is 224 Å². The van der Waals surface area contributed by atoms with Crippen molar-refractivity contribution in [3.05, 3.63) is 134 Å². The molecule has 1 saturated heterocycles. The van der Waals surface area contributed by atoms with E-state index in [1.165, 1.54) is 51.5 Å². The number of anilines is 2. The molecule has 5 aromatic rings. The van der Waals surface area contributed by atoms with Crippen LogP contribution in [-0.4, -0.2) is 84.6 Å². The Morgan fingerprint density at radius 2 is 1.52 bits per heavy atom. The van der Waals surface area contributed by atoms with Crippen molar-refractivity contribution in [2.24, 2.45) is 5.16 Å². The SMILES string of the molecule is CC(C)(C)OC(=O)NCCSCc1nc(N)sc1SC1=C(C(=O)O)N2C(=O)[C@@H](NC(=O)/C(=N\OC(c3ccccc3)(c3ccccc3)c3ccccc3)c3nc(N)sc3Cl)[C@H]2SC1. The Morgan fingerprint density at radius 1 is 0.937 bits per heavy atom. The zero-order valence-corrected chi connectivity index (χ0v) is 38.7. The summed E-state index contributed by atoms with van der Waals surface area (Å²) in [5.41, 5.74) is 12.3. The van der Waals surface area contributed by atoms with Crippen LogP contribution in [0.4, 0.5) is 15.1 Å². The first-order valence-corrected chi connectivity index (χ1v) is 24.2. The maximum atomic E-state index is 14.4. The van der Waals surface area contributed by atoms with Crippen LogP contribution in [0.15, 0.2) is 111 Å². The monoisotopic (exact) mass is 964 g/mol. The fourth-order valence-electron chi connectivity index (χ4n) is 6.67. The molecule has 3 amide bonds. The molecule has 0 bridgehead atoms. The molecule has 0 aliphatic carbocycles. The van der Waals surface area contributed by atoms with Gasteiger partial charge in [0.25, 0.3) is 11.8 Å². The Balaban J connectivity index is 1.12. The maximum absolute atomic E-state index is 14.4. The van der Waals surface area contributed by atoms with Gasteiger partial charge in [0.2, 0.25) is 5.60 Å². The zero-order valence-electron chi connectivity index (χ0n) is 33.9. The number of oxime groups is 1. The highest BCUT2D eigenvalue weighted by Gasteiger charge is 2.55. The number of thiazole rings is 2. The van der Waals surface area contributed by atoms with Gasteiger partial charge in [-0.2, -0.15) is 11.8 Å².